The number of unbranched alkanes of at least 4 members (excludes halogenated alkanes) is 1. The van der Waals surface area contributed by atoms with Gasteiger partial charge in [0.1, 0.15) is 0 Å². The van der Waals surface area contributed by atoms with E-state index in [9.17, 15) is 0 Å². The van der Waals surface area contributed by atoms with Crippen molar-refractivity contribution in [3.05, 3.63) is 0 Å². The predicted octanol–water partition coefficient (Wildman–Crippen LogP) is 2.55. The second-order valence-electron chi connectivity index (χ2n) is 4.44. The van der Waals surface area contributed by atoms with Crippen LogP contribution in [0.4, 0.5) is 0 Å². The minimum absolute atomic E-state index is 0.401. The van der Waals surface area contributed by atoms with Gasteiger partial charge in [0.05, 0.1) is 0 Å². The molecule has 1 aliphatic rings. The molecule has 74 valence electrons. The largest absolute Gasteiger partial charge is 0.327 e. The summed E-state index contributed by atoms with van der Waals surface area (Å²) in [7, 11) is 0. The Kier molecular flexibility index (Phi) is 4.32. The summed E-state index contributed by atoms with van der Waals surface area (Å²) in [6, 6.07) is 0.401. The molecule has 0 aromatic carbocycles. The molecule has 1 rings (SSSR count). The molecule has 1 aliphatic carbocycles. The van der Waals surface area contributed by atoms with Gasteiger partial charge in [-0.3, -0.25) is 0 Å². The summed E-state index contributed by atoms with van der Waals surface area (Å²) < 4.78 is 0. The van der Waals surface area contributed by atoms with Crippen LogP contribution in [0.25, 0.3) is 0 Å². The standard InChI is InChI=1S/C12H21N/c1-3-4-5-6-12(13)11-8-7-10(2)9-11/h1,10-12H,4-9,13H2,2H3. The van der Waals surface area contributed by atoms with Crippen LogP contribution in [0.15, 0.2) is 0 Å². The molecule has 0 heterocycles. The first kappa shape index (κ1) is 10.6. The van der Waals surface area contributed by atoms with Gasteiger partial charge in [0.2, 0.25) is 0 Å². The van der Waals surface area contributed by atoms with Gasteiger partial charge in [0.15, 0.2) is 0 Å². The number of hydrogen-bond donors (Lipinski definition) is 1. The summed E-state index contributed by atoms with van der Waals surface area (Å²) in [6.07, 6.45) is 12.3. The van der Waals surface area contributed by atoms with Crippen molar-refractivity contribution in [3.63, 3.8) is 0 Å². The number of terminal acetylenes is 1. The van der Waals surface area contributed by atoms with Gasteiger partial charge in [-0.1, -0.05) is 13.3 Å². The highest BCUT2D eigenvalue weighted by atomic mass is 14.7. The van der Waals surface area contributed by atoms with E-state index in [2.05, 4.69) is 12.8 Å². The Balaban J connectivity index is 2.16. The number of hydrogen-bond acceptors (Lipinski definition) is 1. The third-order valence-corrected chi connectivity index (χ3v) is 3.20. The third kappa shape index (κ3) is 3.40. The minimum Gasteiger partial charge on any atom is -0.327 e. The van der Waals surface area contributed by atoms with Crippen LogP contribution in [-0.4, -0.2) is 6.04 Å². The topological polar surface area (TPSA) is 26.0 Å². The van der Waals surface area contributed by atoms with Crippen LogP contribution in [-0.2, 0) is 0 Å². The van der Waals surface area contributed by atoms with Gasteiger partial charge >= 0.3 is 0 Å². The van der Waals surface area contributed by atoms with Crippen LogP contribution in [0.5, 0.6) is 0 Å². The van der Waals surface area contributed by atoms with Crippen LogP contribution >= 0.6 is 0 Å². The molecule has 0 saturated heterocycles. The molecule has 13 heavy (non-hydrogen) atoms. The van der Waals surface area contributed by atoms with Crippen LogP contribution < -0.4 is 5.73 Å². The Morgan fingerprint density at radius 1 is 1.54 bits per heavy atom. The molecule has 1 nitrogen and oxygen atoms in total. The van der Waals surface area contributed by atoms with Crippen molar-refractivity contribution < 1.29 is 0 Å². The zero-order chi connectivity index (χ0) is 9.68. The molecule has 0 radical (unpaired) electrons. The Hall–Kier alpha value is -0.480. The zero-order valence-electron chi connectivity index (χ0n) is 8.63. The smallest absolute Gasteiger partial charge is 0.00866 e. The second kappa shape index (κ2) is 5.29. The van der Waals surface area contributed by atoms with E-state index in [0.717, 1.165) is 31.1 Å². The van der Waals surface area contributed by atoms with Gasteiger partial charge in [0, 0.05) is 12.5 Å². The summed E-state index contributed by atoms with van der Waals surface area (Å²) in [5, 5.41) is 0. The quantitative estimate of drug-likeness (QED) is 0.521. The molecular formula is C12H21N. The van der Waals surface area contributed by atoms with Crippen LogP contribution in [0.2, 0.25) is 0 Å². The summed E-state index contributed by atoms with van der Waals surface area (Å²) in [5.41, 5.74) is 6.11. The average Bonchev–Trinajstić information content (AvgIpc) is 2.52. The first-order valence-electron chi connectivity index (χ1n) is 5.43. The molecule has 1 heteroatoms. The summed E-state index contributed by atoms with van der Waals surface area (Å²) in [5.74, 6) is 4.33. The Morgan fingerprint density at radius 2 is 2.31 bits per heavy atom. The van der Waals surface area contributed by atoms with Crippen LogP contribution in [0.3, 0.4) is 0 Å². The van der Waals surface area contributed by atoms with Gasteiger partial charge in [-0.15, -0.1) is 12.3 Å². The van der Waals surface area contributed by atoms with E-state index in [0.29, 0.717) is 6.04 Å². The first-order valence-corrected chi connectivity index (χ1v) is 5.43. The minimum atomic E-state index is 0.401. The molecule has 0 amide bonds. The number of nitrogens with two attached hydrogens (primary N) is 1. The lowest BCUT2D eigenvalue weighted by Gasteiger charge is -2.18. The van der Waals surface area contributed by atoms with Crippen molar-refractivity contribution in [1.29, 1.82) is 0 Å². The Bertz CT molecular complexity index is 180. The number of rotatable bonds is 4. The SMILES string of the molecule is C#CCCCC(N)C1CCC(C)C1. The summed E-state index contributed by atoms with van der Waals surface area (Å²) >= 11 is 0. The van der Waals surface area contributed by atoms with Crippen molar-refractivity contribution >= 4 is 0 Å². The monoisotopic (exact) mass is 179 g/mol. The highest BCUT2D eigenvalue weighted by Gasteiger charge is 2.25. The molecule has 3 atom stereocenters. The Morgan fingerprint density at radius 3 is 2.85 bits per heavy atom. The molecule has 3 unspecified atom stereocenters. The van der Waals surface area contributed by atoms with Gasteiger partial charge < -0.3 is 5.73 Å². The van der Waals surface area contributed by atoms with E-state index in [1.54, 1.807) is 0 Å². The first-order chi connectivity index (χ1) is 6.24. The van der Waals surface area contributed by atoms with Gasteiger partial charge in [-0.2, -0.15) is 0 Å². The average molecular weight is 179 g/mol. The molecule has 0 aromatic rings. The zero-order valence-corrected chi connectivity index (χ0v) is 8.63. The fourth-order valence-electron chi connectivity index (χ4n) is 2.32. The normalized spacial score (nSPS) is 29.9. The lowest BCUT2D eigenvalue weighted by molar-refractivity contribution is 0.392. The van der Waals surface area contributed by atoms with E-state index in [1.807, 2.05) is 0 Å². The van der Waals surface area contributed by atoms with Gasteiger partial charge in [-0.25, -0.2) is 0 Å². The van der Waals surface area contributed by atoms with Crippen LogP contribution in [0, 0.1) is 24.2 Å². The fourth-order valence-corrected chi connectivity index (χ4v) is 2.32. The van der Waals surface area contributed by atoms with Crippen molar-refractivity contribution in [3.8, 4) is 12.3 Å². The summed E-state index contributed by atoms with van der Waals surface area (Å²) in [6.45, 7) is 2.33. The van der Waals surface area contributed by atoms with Crippen molar-refractivity contribution in [2.75, 3.05) is 0 Å². The molecule has 0 spiro atoms. The maximum absolute atomic E-state index is 6.11. The van der Waals surface area contributed by atoms with E-state index in [1.165, 1.54) is 19.3 Å². The maximum Gasteiger partial charge on any atom is 0.00866 e. The van der Waals surface area contributed by atoms with Crippen LogP contribution in [0.1, 0.15) is 45.4 Å². The third-order valence-electron chi connectivity index (χ3n) is 3.20. The summed E-state index contributed by atoms with van der Waals surface area (Å²) in [4.78, 5) is 0. The van der Waals surface area contributed by atoms with E-state index >= 15 is 0 Å². The molecule has 0 aliphatic heterocycles. The predicted molar refractivity (Wildman–Crippen MR) is 57.2 cm³/mol. The van der Waals surface area contributed by atoms with Crippen molar-refractivity contribution in [2.45, 2.75) is 51.5 Å². The molecule has 0 aromatic heterocycles. The maximum atomic E-state index is 6.11. The lowest BCUT2D eigenvalue weighted by atomic mass is 9.93. The van der Waals surface area contributed by atoms with E-state index < -0.39 is 0 Å². The molecule has 1 fully saturated rings. The Labute approximate surface area is 82.1 Å². The fraction of sp³-hybridized carbons (Fsp3) is 0.833. The van der Waals surface area contributed by atoms with E-state index in [4.69, 9.17) is 12.2 Å². The highest BCUT2D eigenvalue weighted by molar-refractivity contribution is 4.85. The van der Waals surface area contributed by atoms with Crippen molar-refractivity contribution in [2.24, 2.45) is 17.6 Å². The molecule has 2 N–H and O–H groups in total. The second-order valence-corrected chi connectivity index (χ2v) is 4.44. The highest BCUT2D eigenvalue weighted by Crippen LogP contribution is 2.33. The molecular weight excluding hydrogens is 158 g/mol. The molecule has 1 saturated carbocycles. The van der Waals surface area contributed by atoms with Gasteiger partial charge in [-0.05, 0) is 37.5 Å². The molecule has 0 bridgehead atoms. The van der Waals surface area contributed by atoms with Gasteiger partial charge in [0.25, 0.3) is 0 Å². The van der Waals surface area contributed by atoms with E-state index in [-0.39, 0.29) is 0 Å². The lowest BCUT2D eigenvalue weighted by Crippen LogP contribution is -2.28. The van der Waals surface area contributed by atoms with Crippen molar-refractivity contribution in [1.82, 2.24) is 0 Å².